The zero-order valence-electron chi connectivity index (χ0n) is 14.1. The monoisotopic (exact) mass is 350 g/mol. The third kappa shape index (κ3) is 2.86. The van der Waals surface area contributed by atoms with Gasteiger partial charge in [-0.15, -0.1) is 0 Å². The molecule has 1 aliphatic rings. The molecule has 26 heavy (non-hydrogen) atoms. The van der Waals surface area contributed by atoms with Crippen molar-refractivity contribution in [2.45, 2.75) is 20.3 Å². The quantitative estimate of drug-likeness (QED) is 0.407. The lowest BCUT2D eigenvalue weighted by Crippen LogP contribution is -2.25. The first-order valence-electron chi connectivity index (χ1n) is 7.85. The van der Waals surface area contributed by atoms with Crippen molar-refractivity contribution in [2.75, 3.05) is 0 Å². The number of carbonyl (C=O) groups excluding carboxylic acids is 5. The number of ketones is 3. The summed E-state index contributed by atoms with van der Waals surface area (Å²) in [5, 5.41) is 0. The molecule has 2 aromatic carbocycles. The molecule has 130 valence electrons. The Hall–Kier alpha value is -3.41. The molecule has 0 heterocycles. The standard InChI is InChI=1S/C20H14O6/c1-10(22)6-13-4-3-5-14-17(13)20(25)18-15(19(14)24)7-12(9-21)8-16(18)26-11(2)23/h3-5,7-9H,6H2,1-2H3. The lowest BCUT2D eigenvalue weighted by atomic mass is 9.80. The first-order valence-corrected chi connectivity index (χ1v) is 7.85. The number of aldehydes is 1. The number of Topliss-reactive ketones (excluding diaryl/α,β-unsaturated/α-hetero) is 1. The van der Waals surface area contributed by atoms with Crippen LogP contribution in [0.15, 0.2) is 30.3 Å². The predicted octanol–water partition coefficient (Wildman–Crippen LogP) is 2.33. The first kappa shape index (κ1) is 17.4. The number of esters is 1. The summed E-state index contributed by atoms with van der Waals surface area (Å²) in [6, 6.07) is 7.26. The molecular formula is C20H14O6. The minimum Gasteiger partial charge on any atom is -0.426 e. The van der Waals surface area contributed by atoms with Crippen LogP contribution in [-0.2, 0) is 16.0 Å². The highest BCUT2D eigenvalue weighted by Crippen LogP contribution is 2.36. The SMILES string of the molecule is CC(=O)Cc1cccc2c1C(=O)c1c(OC(C)=O)cc(C=O)cc1C2=O. The summed E-state index contributed by atoms with van der Waals surface area (Å²) in [4.78, 5) is 60.1. The molecule has 6 heteroatoms. The van der Waals surface area contributed by atoms with Crippen LogP contribution >= 0.6 is 0 Å². The van der Waals surface area contributed by atoms with Gasteiger partial charge < -0.3 is 4.74 Å². The molecule has 1 aliphatic carbocycles. The number of ether oxygens (including phenoxy) is 1. The minimum absolute atomic E-state index is 0.00308. The Bertz CT molecular complexity index is 1000. The van der Waals surface area contributed by atoms with E-state index in [0.29, 0.717) is 11.8 Å². The van der Waals surface area contributed by atoms with Crippen molar-refractivity contribution in [1.82, 2.24) is 0 Å². The zero-order chi connectivity index (χ0) is 19.0. The van der Waals surface area contributed by atoms with Crippen LogP contribution in [0.25, 0.3) is 0 Å². The summed E-state index contributed by atoms with van der Waals surface area (Å²) in [5.41, 5.74) is 0.782. The van der Waals surface area contributed by atoms with Crippen LogP contribution < -0.4 is 4.74 Å². The molecule has 0 aliphatic heterocycles. The van der Waals surface area contributed by atoms with E-state index in [2.05, 4.69) is 0 Å². The fraction of sp³-hybridized carbons (Fsp3) is 0.150. The number of rotatable bonds is 4. The molecule has 0 spiro atoms. The van der Waals surface area contributed by atoms with Crippen LogP contribution in [0.5, 0.6) is 5.75 Å². The summed E-state index contributed by atoms with van der Waals surface area (Å²) in [6.45, 7) is 2.55. The van der Waals surface area contributed by atoms with Gasteiger partial charge in [0.25, 0.3) is 0 Å². The van der Waals surface area contributed by atoms with Gasteiger partial charge in [0.15, 0.2) is 11.6 Å². The Morgan fingerprint density at radius 1 is 1.00 bits per heavy atom. The van der Waals surface area contributed by atoms with Crippen LogP contribution in [0.4, 0.5) is 0 Å². The van der Waals surface area contributed by atoms with Crippen LogP contribution in [0, 0.1) is 0 Å². The van der Waals surface area contributed by atoms with E-state index in [1.807, 2.05) is 0 Å². The van der Waals surface area contributed by atoms with Crippen molar-refractivity contribution in [2.24, 2.45) is 0 Å². The van der Waals surface area contributed by atoms with Crippen molar-refractivity contribution in [3.8, 4) is 5.75 Å². The second-order valence-corrected chi connectivity index (χ2v) is 6.03. The van der Waals surface area contributed by atoms with Crippen LogP contribution in [0.1, 0.15) is 61.6 Å². The van der Waals surface area contributed by atoms with E-state index in [4.69, 9.17) is 4.74 Å². The van der Waals surface area contributed by atoms with Gasteiger partial charge in [-0.05, 0) is 24.6 Å². The summed E-state index contributed by atoms with van der Waals surface area (Å²) < 4.78 is 5.07. The van der Waals surface area contributed by atoms with Gasteiger partial charge in [-0.3, -0.25) is 24.0 Å². The number of hydrogen-bond donors (Lipinski definition) is 0. The van der Waals surface area contributed by atoms with Gasteiger partial charge in [-0.2, -0.15) is 0 Å². The van der Waals surface area contributed by atoms with Crippen molar-refractivity contribution in [3.63, 3.8) is 0 Å². The van der Waals surface area contributed by atoms with E-state index in [-0.39, 0.29) is 45.8 Å². The Morgan fingerprint density at radius 2 is 1.73 bits per heavy atom. The molecule has 0 saturated heterocycles. The summed E-state index contributed by atoms with van der Waals surface area (Å²) in [6.07, 6.45) is 0.513. The fourth-order valence-corrected chi connectivity index (χ4v) is 3.10. The first-order chi connectivity index (χ1) is 12.3. The second-order valence-electron chi connectivity index (χ2n) is 6.03. The Labute approximate surface area is 148 Å². The molecule has 0 radical (unpaired) electrons. The molecule has 2 aromatic rings. The molecule has 0 unspecified atom stereocenters. The number of benzene rings is 2. The highest BCUT2D eigenvalue weighted by atomic mass is 16.5. The predicted molar refractivity (Wildman–Crippen MR) is 90.8 cm³/mol. The maximum atomic E-state index is 13.1. The zero-order valence-corrected chi connectivity index (χ0v) is 14.1. The van der Waals surface area contributed by atoms with Gasteiger partial charge in [0, 0.05) is 35.6 Å². The fourth-order valence-electron chi connectivity index (χ4n) is 3.10. The lowest BCUT2D eigenvalue weighted by Gasteiger charge is -2.22. The van der Waals surface area contributed by atoms with Crippen molar-refractivity contribution in [3.05, 3.63) is 63.7 Å². The molecule has 0 bridgehead atoms. The van der Waals surface area contributed by atoms with E-state index in [1.54, 1.807) is 12.1 Å². The second kappa shape index (κ2) is 6.48. The molecule has 0 aromatic heterocycles. The van der Waals surface area contributed by atoms with E-state index >= 15 is 0 Å². The third-order valence-electron chi connectivity index (χ3n) is 4.05. The molecule has 3 rings (SSSR count). The van der Waals surface area contributed by atoms with E-state index in [0.717, 1.165) is 6.92 Å². The normalized spacial score (nSPS) is 12.2. The number of fused-ring (bicyclic) bond motifs is 2. The number of hydrogen-bond acceptors (Lipinski definition) is 6. The number of carbonyl (C=O) groups is 5. The highest BCUT2D eigenvalue weighted by molar-refractivity contribution is 6.30. The third-order valence-corrected chi connectivity index (χ3v) is 4.05. The van der Waals surface area contributed by atoms with Gasteiger partial charge in [0.2, 0.25) is 0 Å². The van der Waals surface area contributed by atoms with E-state index < -0.39 is 17.5 Å². The van der Waals surface area contributed by atoms with Gasteiger partial charge in [0.05, 0.1) is 5.56 Å². The molecule has 0 fully saturated rings. The van der Waals surface area contributed by atoms with Crippen LogP contribution in [0.2, 0.25) is 0 Å². The summed E-state index contributed by atoms with van der Waals surface area (Å²) in [5.74, 6) is -1.95. The lowest BCUT2D eigenvalue weighted by molar-refractivity contribution is -0.131. The molecule has 0 saturated carbocycles. The molecular weight excluding hydrogens is 336 g/mol. The molecule has 6 nitrogen and oxygen atoms in total. The van der Waals surface area contributed by atoms with Gasteiger partial charge >= 0.3 is 5.97 Å². The largest absolute Gasteiger partial charge is 0.426 e. The Kier molecular flexibility index (Phi) is 4.34. The van der Waals surface area contributed by atoms with Gasteiger partial charge in [0.1, 0.15) is 17.8 Å². The van der Waals surface area contributed by atoms with E-state index in [9.17, 15) is 24.0 Å². The Balaban J connectivity index is 2.29. The van der Waals surface area contributed by atoms with Crippen molar-refractivity contribution in [1.29, 1.82) is 0 Å². The molecule has 0 N–H and O–H groups in total. The maximum Gasteiger partial charge on any atom is 0.308 e. The van der Waals surface area contributed by atoms with Crippen LogP contribution in [0.3, 0.4) is 0 Å². The van der Waals surface area contributed by atoms with Gasteiger partial charge in [-0.1, -0.05) is 18.2 Å². The average molecular weight is 350 g/mol. The topological polar surface area (TPSA) is 94.6 Å². The highest BCUT2D eigenvalue weighted by Gasteiger charge is 2.35. The summed E-state index contributed by atoms with van der Waals surface area (Å²) in [7, 11) is 0. The minimum atomic E-state index is -0.682. The van der Waals surface area contributed by atoms with E-state index in [1.165, 1.54) is 25.1 Å². The molecule has 0 atom stereocenters. The summed E-state index contributed by atoms with van der Waals surface area (Å²) >= 11 is 0. The van der Waals surface area contributed by atoms with Crippen molar-refractivity contribution >= 4 is 29.6 Å². The average Bonchev–Trinajstić information content (AvgIpc) is 2.57. The maximum absolute atomic E-state index is 13.1. The van der Waals surface area contributed by atoms with Crippen LogP contribution in [-0.4, -0.2) is 29.6 Å². The molecule has 0 amide bonds. The smallest absolute Gasteiger partial charge is 0.308 e. The van der Waals surface area contributed by atoms with Crippen molar-refractivity contribution < 1.29 is 28.7 Å². The van der Waals surface area contributed by atoms with Gasteiger partial charge in [-0.25, -0.2) is 0 Å². The Morgan fingerprint density at radius 3 is 2.35 bits per heavy atom.